The van der Waals surface area contributed by atoms with Crippen molar-refractivity contribution in [2.24, 2.45) is 0 Å². The number of aromatic nitrogens is 1. The predicted molar refractivity (Wildman–Crippen MR) is 101 cm³/mol. The fourth-order valence-corrected chi connectivity index (χ4v) is 3.28. The van der Waals surface area contributed by atoms with Gasteiger partial charge in [-0.2, -0.15) is 13.2 Å². The van der Waals surface area contributed by atoms with Gasteiger partial charge in [-0.25, -0.2) is 18.5 Å². The van der Waals surface area contributed by atoms with Crippen molar-refractivity contribution in [1.82, 2.24) is 9.88 Å². The number of rotatable bonds is 4. The number of nitrogens with zero attached hydrogens (tertiary/aromatic N) is 1. The molecule has 4 rings (SSSR count). The monoisotopic (exact) mass is 451 g/mol. The van der Waals surface area contributed by atoms with Crippen molar-refractivity contribution in [3.05, 3.63) is 82.4 Å². The molecule has 1 atom stereocenters. The predicted octanol–water partition coefficient (Wildman–Crippen LogP) is 3.32. The van der Waals surface area contributed by atoms with E-state index in [0.29, 0.717) is 0 Å². The number of benzene rings is 2. The average molecular weight is 451 g/mol. The van der Waals surface area contributed by atoms with E-state index in [0.717, 1.165) is 41.2 Å². The van der Waals surface area contributed by atoms with E-state index in [1.165, 1.54) is 18.3 Å². The van der Waals surface area contributed by atoms with Crippen molar-refractivity contribution < 1.29 is 36.3 Å². The Balaban J connectivity index is 1.77. The average Bonchev–Trinajstić information content (AvgIpc) is 3.17. The largest absolute Gasteiger partial charge is 0.434 e. The van der Waals surface area contributed by atoms with Crippen LogP contribution in [0.5, 0.6) is 0 Å². The molecule has 3 aromatic rings. The summed E-state index contributed by atoms with van der Waals surface area (Å²) in [5.74, 6) is -2.41. The first kappa shape index (κ1) is 21.2. The Morgan fingerprint density at radius 2 is 1.84 bits per heavy atom. The molecule has 2 aromatic carbocycles. The maximum atomic E-state index is 14.3. The molecule has 0 radical (unpaired) electrons. The lowest BCUT2D eigenvalue weighted by molar-refractivity contribution is -0.261. The second-order valence-electron chi connectivity index (χ2n) is 6.80. The Morgan fingerprint density at radius 1 is 1.12 bits per heavy atom. The molecule has 1 aliphatic heterocycles. The van der Waals surface area contributed by atoms with Crippen LogP contribution in [0.1, 0.15) is 15.9 Å². The van der Waals surface area contributed by atoms with Crippen molar-refractivity contribution in [2.45, 2.75) is 11.8 Å². The summed E-state index contributed by atoms with van der Waals surface area (Å²) in [4.78, 5) is 36.1. The minimum atomic E-state index is -5.16. The zero-order valence-corrected chi connectivity index (χ0v) is 15.9. The lowest BCUT2D eigenvalue weighted by Gasteiger charge is -2.39. The molecule has 8 nitrogen and oxygen atoms in total. The summed E-state index contributed by atoms with van der Waals surface area (Å²) in [6, 6.07) is 7.62. The molecule has 32 heavy (non-hydrogen) atoms. The molecule has 12 heteroatoms. The van der Waals surface area contributed by atoms with E-state index in [1.54, 1.807) is 0 Å². The number of halogens is 4. The number of hydrogen-bond donors (Lipinski definition) is 2. The minimum Gasteiger partial charge on any atom is -0.426 e. The molecule has 2 heterocycles. The molecule has 2 amide bonds. The van der Waals surface area contributed by atoms with Crippen LogP contribution < -0.4 is 16.4 Å². The van der Waals surface area contributed by atoms with Crippen molar-refractivity contribution in [3.63, 3.8) is 0 Å². The van der Waals surface area contributed by atoms with E-state index < -0.39 is 47.5 Å². The van der Waals surface area contributed by atoms with Crippen LogP contribution in [-0.4, -0.2) is 29.3 Å². The van der Waals surface area contributed by atoms with Gasteiger partial charge in [0.2, 0.25) is 0 Å². The summed E-state index contributed by atoms with van der Waals surface area (Å²) in [6.45, 7) is -1.17. The van der Waals surface area contributed by atoms with Gasteiger partial charge in [0.15, 0.2) is 0 Å². The second kappa shape index (κ2) is 7.55. The molecule has 1 aromatic heterocycles. The highest BCUT2D eigenvalue weighted by molar-refractivity contribution is 5.94. The lowest BCUT2D eigenvalue weighted by Crippen LogP contribution is -2.56. The maximum absolute atomic E-state index is 14.3. The number of amides is 2. The first-order valence-electron chi connectivity index (χ1n) is 9.02. The Kier molecular flexibility index (Phi) is 4.99. The smallest absolute Gasteiger partial charge is 0.426 e. The van der Waals surface area contributed by atoms with Crippen molar-refractivity contribution in [3.8, 4) is 5.69 Å². The van der Waals surface area contributed by atoms with Crippen LogP contribution in [0.4, 0.5) is 28.0 Å². The Bertz CT molecular complexity index is 1250. The zero-order chi connectivity index (χ0) is 23.1. The molecule has 0 saturated carbocycles. The molecule has 0 bridgehead atoms. The first-order chi connectivity index (χ1) is 15.1. The van der Waals surface area contributed by atoms with E-state index in [-0.39, 0.29) is 16.9 Å². The van der Waals surface area contributed by atoms with Gasteiger partial charge in [0, 0.05) is 11.1 Å². The number of hydrogen-bond acceptors (Lipinski definition) is 5. The summed E-state index contributed by atoms with van der Waals surface area (Å²) in [6.07, 6.45) is -4.27. The molecular weight excluding hydrogens is 438 g/mol. The summed E-state index contributed by atoms with van der Waals surface area (Å²) in [5.41, 5.74) is -4.09. The number of cyclic esters (lactones) is 1. The number of carbonyl (C=O) groups is 2. The topological polar surface area (TPSA) is 103 Å². The SMILES string of the molecule is O=C1Nc2ccc(-n3ccoc3=O)cc2C(CNC(=O)c2ccc(F)cc2)(C(F)(F)F)O1. The third kappa shape index (κ3) is 3.59. The fourth-order valence-electron chi connectivity index (χ4n) is 3.28. The van der Waals surface area contributed by atoms with E-state index in [1.807, 2.05) is 0 Å². The van der Waals surface area contributed by atoms with E-state index in [9.17, 15) is 31.9 Å². The standard InChI is InChI=1S/C20H13F4N3O5/c21-12-3-1-11(2-4-12)16(28)25-10-19(20(22,23)24)14-9-13(27-7-8-31-18(27)30)5-6-15(14)26-17(29)32-19/h1-9H,10H2,(H,25,28)(H,26,29). The van der Waals surface area contributed by atoms with Crippen LogP contribution in [0, 0.1) is 5.82 Å². The van der Waals surface area contributed by atoms with Gasteiger partial charge in [0.25, 0.3) is 11.5 Å². The summed E-state index contributed by atoms with van der Waals surface area (Å²) >= 11 is 0. The Morgan fingerprint density at radius 3 is 2.47 bits per heavy atom. The van der Waals surface area contributed by atoms with Gasteiger partial charge in [-0.15, -0.1) is 0 Å². The van der Waals surface area contributed by atoms with Gasteiger partial charge >= 0.3 is 18.0 Å². The molecule has 2 N–H and O–H groups in total. The highest BCUT2D eigenvalue weighted by Gasteiger charge is 2.62. The van der Waals surface area contributed by atoms with Crippen LogP contribution in [0.25, 0.3) is 5.69 Å². The number of nitrogens with one attached hydrogen (secondary N) is 2. The van der Waals surface area contributed by atoms with Gasteiger partial charge in [-0.3, -0.25) is 10.1 Å². The van der Waals surface area contributed by atoms with Gasteiger partial charge in [-0.1, -0.05) is 0 Å². The molecular formula is C20H13F4N3O5. The van der Waals surface area contributed by atoms with Crippen molar-refractivity contribution in [1.29, 1.82) is 0 Å². The van der Waals surface area contributed by atoms with Crippen molar-refractivity contribution >= 4 is 17.7 Å². The summed E-state index contributed by atoms with van der Waals surface area (Å²) in [5, 5.41) is 4.26. The molecule has 166 valence electrons. The lowest BCUT2D eigenvalue weighted by atomic mass is 9.89. The van der Waals surface area contributed by atoms with Crippen LogP contribution in [0.3, 0.4) is 0 Å². The summed E-state index contributed by atoms with van der Waals surface area (Å²) < 4.78 is 66.3. The van der Waals surface area contributed by atoms with Gasteiger partial charge in [0.1, 0.15) is 12.1 Å². The normalized spacial score (nSPS) is 17.8. The second-order valence-corrected chi connectivity index (χ2v) is 6.80. The number of ether oxygens (including phenoxy) is 1. The van der Waals surface area contributed by atoms with Crippen LogP contribution in [0.2, 0.25) is 0 Å². The quantitative estimate of drug-likeness (QED) is 0.593. The van der Waals surface area contributed by atoms with Gasteiger partial charge in [0.05, 0.1) is 24.1 Å². The molecule has 0 saturated heterocycles. The fraction of sp³-hybridized carbons (Fsp3) is 0.150. The zero-order valence-electron chi connectivity index (χ0n) is 15.9. The molecule has 0 fully saturated rings. The third-order valence-corrected chi connectivity index (χ3v) is 4.86. The van der Waals surface area contributed by atoms with Crippen LogP contribution >= 0.6 is 0 Å². The number of fused-ring (bicyclic) bond motifs is 1. The number of anilines is 1. The molecule has 0 spiro atoms. The van der Waals surface area contributed by atoms with Crippen LogP contribution in [-0.2, 0) is 10.3 Å². The first-order valence-corrected chi connectivity index (χ1v) is 9.02. The van der Waals surface area contributed by atoms with Gasteiger partial charge < -0.3 is 14.5 Å². The highest BCUT2D eigenvalue weighted by atomic mass is 19.4. The minimum absolute atomic E-state index is 0.0146. The van der Waals surface area contributed by atoms with E-state index >= 15 is 0 Å². The summed E-state index contributed by atoms with van der Waals surface area (Å²) in [7, 11) is 0. The highest BCUT2D eigenvalue weighted by Crippen LogP contribution is 2.47. The molecule has 1 aliphatic rings. The Labute approximate surface area is 176 Å². The van der Waals surface area contributed by atoms with Crippen molar-refractivity contribution in [2.75, 3.05) is 11.9 Å². The molecule has 1 unspecified atom stereocenters. The van der Waals surface area contributed by atoms with Gasteiger partial charge in [-0.05, 0) is 42.5 Å². The van der Waals surface area contributed by atoms with E-state index in [2.05, 4.69) is 15.1 Å². The maximum Gasteiger partial charge on any atom is 0.434 e. The number of oxazole rings is 1. The Hall–Kier alpha value is -4.09. The third-order valence-electron chi connectivity index (χ3n) is 4.86. The van der Waals surface area contributed by atoms with Crippen LogP contribution in [0.15, 0.2) is 64.1 Å². The number of alkyl halides is 3. The number of carbonyl (C=O) groups excluding carboxylic acids is 2. The van der Waals surface area contributed by atoms with E-state index in [4.69, 9.17) is 4.74 Å². The molecule has 0 aliphatic carbocycles.